The van der Waals surface area contributed by atoms with Crippen molar-refractivity contribution in [1.82, 2.24) is 10.2 Å². The lowest BCUT2D eigenvalue weighted by Gasteiger charge is -2.04. The van der Waals surface area contributed by atoms with Crippen LogP contribution in [0.2, 0.25) is 0 Å². The van der Waals surface area contributed by atoms with Crippen molar-refractivity contribution in [3.63, 3.8) is 0 Å². The van der Waals surface area contributed by atoms with Crippen molar-refractivity contribution in [2.24, 2.45) is 0 Å². The fourth-order valence-electron chi connectivity index (χ4n) is 0.863. The molecule has 0 amide bonds. The van der Waals surface area contributed by atoms with E-state index in [1.54, 1.807) is 0 Å². The van der Waals surface area contributed by atoms with Crippen molar-refractivity contribution in [3.8, 4) is 0 Å². The third-order valence-corrected chi connectivity index (χ3v) is 5.30. The molecule has 1 unspecified atom stereocenters. The Kier molecular flexibility index (Phi) is 5.95. The molecule has 0 spiro atoms. The second-order valence-corrected chi connectivity index (χ2v) is 7.84. The average molecular weight is 316 g/mol. The Hall–Kier alpha value is -0.0700. The molecule has 1 heterocycles. The maximum Gasteiger partial charge on any atom is 0.191 e. The highest BCUT2D eigenvalue weighted by Crippen LogP contribution is 2.24. The van der Waals surface area contributed by atoms with Crippen LogP contribution in [0.1, 0.15) is 12.8 Å². The lowest BCUT2D eigenvalue weighted by Crippen LogP contribution is -2.04. The van der Waals surface area contributed by atoms with E-state index in [1.807, 2.05) is 0 Å². The van der Waals surface area contributed by atoms with Gasteiger partial charge >= 0.3 is 0 Å². The van der Waals surface area contributed by atoms with Gasteiger partial charge in [-0.2, -0.15) is 0 Å². The molecule has 0 radical (unpaired) electrons. The van der Waals surface area contributed by atoms with Gasteiger partial charge < -0.3 is 9.11 Å². The normalized spacial score (nSPS) is 13.8. The number of unbranched alkanes of at least 4 members (excludes halogenated alkanes) is 1. The molecule has 0 aliphatic heterocycles. The molecule has 1 aromatic rings. The molecule has 0 fully saturated rings. The van der Waals surface area contributed by atoms with Gasteiger partial charge in [-0.1, -0.05) is 23.1 Å². The SMILES string of the molecule is O=S([O-])c1nnc(SCCCCS(=O)(=O)[O-])s1. The molecular weight excluding hydrogens is 308 g/mol. The monoisotopic (exact) mass is 316 g/mol. The summed E-state index contributed by atoms with van der Waals surface area (Å²) in [5.74, 6) is 0.190. The fourth-order valence-corrected chi connectivity index (χ4v) is 3.85. The van der Waals surface area contributed by atoms with E-state index < -0.39 is 21.2 Å². The molecule has 1 rings (SSSR count). The van der Waals surface area contributed by atoms with Crippen LogP contribution in [0.25, 0.3) is 0 Å². The first-order chi connectivity index (χ1) is 7.88. The maximum absolute atomic E-state index is 10.5. The smallest absolute Gasteiger partial charge is 0.191 e. The lowest BCUT2D eigenvalue weighted by atomic mass is 10.4. The van der Waals surface area contributed by atoms with Crippen LogP contribution in [0.4, 0.5) is 0 Å². The van der Waals surface area contributed by atoms with Crippen molar-refractivity contribution in [2.75, 3.05) is 11.5 Å². The molecule has 11 heteroatoms. The summed E-state index contributed by atoms with van der Waals surface area (Å²) in [6, 6.07) is 0. The number of rotatable bonds is 7. The van der Waals surface area contributed by atoms with Crippen LogP contribution in [0.15, 0.2) is 8.68 Å². The summed E-state index contributed by atoms with van der Waals surface area (Å²) in [4.78, 5) is 0. The van der Waals surface area contributed by atoms with E-state index in [0.717, 1.165) is 11.3 Å². The van der Waals surface area contributed by atoms with Gasteiger partial charge in [0.2, 0.25) is 0 Å². The van der Waals surface area contributed by atoms with Crippen LogP contribution in [-0.4, -0.2) is 43.4 Å². The molecule has 0 aliphatic carbocycles. The second kappa shape index (κ2) is 6.75. The van der Waals surface area contributed by atoms with E-state index in [-0.39, 0.29) is 16.5 Å². The Morgan fingerprint density at radius 3 is 2.59 bits per heavy atom. The minimum absolute atomic E-state index is 0.0744. The highest BCUT2D eigenvalue weighted by Gasteiger charge is 2.04. The standard InChI is InChI=1S/C6H10N2O5S4/c9-16(10)6-8-7-5(15-6)14-3-1-2-4-17(11,12)13/h1-4H2,(H,9,10)(H,11,12,13)/p-2. The summed E-state index contributed by atoms with van der Waals surface area (Å²) >= 11 is -0.131. The molecule has 0 saturated carbocycles. The lowest BCUT2D eigenvalue weighted by molar-refractivity contribution is 0.461. The minimum atomic E-state index is -4.14. The zero-order valence-corrected chi connectivity index (χ0v) is 11.7. The summed E-state index contributed by atoms with van der Waals surface area (Å²) in [5.41, 5.74) is 0. The van der Waals surface area contributed by atoms with Gasteiger partial charge in [0.25, 0.3) is 0 Å². The van der Waals surface area contributed by atoms with E-state index in [0.29, 0.717) is 16.5 Å². The number of nitrogens with zero attached hydrogens (tertiary/aromatic N) is 2. The summed E-state index contributed by atoms with van der Waals surface area (Å²) in [6.07, 6.45) is 0.833. The van der Waals surface area contributed by atoms with E-state index in [4.69, 9.17) is 0 Å². The van der Waals surface area contributed by atoms with Gasteiger partial charge in [0, 0.05) is 22.6 Å². The van der Waals surface area contributed by atoms with Gasteiger partial charge in [0.15, 0.2) is 8.68 Å². The van der Waals surface area contributed by atoms with Gasteiger partial charge in [0.05, 0.1) is 10.1 Å². The number of thioether (sulfide) groups is 1. The van der Waals surface area contributed by atoms with Gasteiger partial charge in [-0.15, -0.1) is 10.2 Å². The quantitative estimate of drug-likeness (QED) is 0.302. The van der Waals surface area contributed by atoms with Crippen molar-refractivity contribution >= 4 is 44.3 Å². The molecule has 0 aromatic carbocycles. The van der Waals surface area contributed by atoms with Crippen LogP contribution in [-0.2, 0) is 21.2 Å². The van der Waals surface area contributed by atoms with Gasteiger partial charge in [-0.25, -0.2) is 8.42 Å². The van der Waals surface area contributed by atoms with Crippen LogP contribution in [0.3, 0.4) is 0 Å². The fraction of sp³-hybridized carbons (Fsp3) is 0.667. The molecule has 0 saturated heterocycles. The summed E-state index contributed by atoms with van der Waals surface area (Å²) in [5, 5.41) is 7.09. The average Bonchev–Trinajstić information content (AvgIpc) is 2.64. The largest absolute Gasteiger partial charge is 0.767 e. The molecule has 7 nitrogen and oxygen atoms in total. The van der Waals surface area contributed by atoms with E-state index >= 15 is 0 Å². The van der Waals surface area contributed by atoms with Crippen molar-refractivity contribution in [2.45, 2.75) is 21.5 Å². The highest BCUT2D eigenvalue weighted by molar-refractivity contribution is 8.01. The first-order valence-electron chi connectivity index (χ1n) is 4.37. The van der Waals surface area contributed by atoms with Crippen LogP contribution in [0, 0.1) is 0 Å². The van der Waals surface area contributed by atoms with E-state index in [2.05, 4.69) is 10.2 Å². The van der Waals surface area contributed by atoms with Gasteiger partial charge in [0.1, 0.15) is 0 Å². The third kappa shape index (κ3) is 6.43. The number of aromatic nitrogens is 2. The first kappa shape index (κ1) is 15.0. The van der Waals surface area contributed by atoms with Crippen LogP contribution >= 0.6 is 23.1 Å². The predicted octanol–water partition coefficient (Wildman–Crippen LogP) is 0.194. The predicted molar refractivity (Wildman–Crippen MR) is 61.6 cm³/mol. The van der Waals surface area contributed by atoms with Crippen molar-refractivity contribution < 1.29 is 21.7 Å². The van der Waals surface area contributed by atoms with Crippen LogP contribution < -0.4 is 0 Å². The van der Waals surface area contributed by atoms with Gasteiger partial charge in [-0.3, -0.25) is 4.21 Å². The van der Waals surface area contributed by atoms with Gasteiger partial charge in [-0.05, 0) is 12.8 Å². The summed E-state index contributed by atoms with van der Waals surface area (Å²) < 4.78 is 52.3. The summed E-state index contributed by atoms with van der Waals surface area (Å²) in [6.45, 7) is 0. The molecule has 98 valence electrons. The highest BCUT2D eigenvalue weighted by atomic mass is 32.2. The Balaban J connectivity index is 2.24. The Morgan fingerprint density at radius 2 is 2.06 bits per heavy atom. The Labute approximate surface area is 109 Å². The molecule has 0 bridgehead atoms. The zero-order valence-electron chi connectivity index (χ0n) is 8.40. The molecule has 0 N–H and O–H groups in total. The molecule has 17 heavy (non-hydrogen) atoms. The molecule has 0 aliphatic rings. The maximum atomic E-state index is 10.5. The van der Waals surface area contributed by atoms with E-state index in [9.17, 15) is 21.7 Å². The Morgan fingerprint density at radius 1 is 1.35 bits per heavy atom. The first-order valence-corrected chi connectivity index (χ1v) is 8.83. The summed E-state index contributed by atoms with van der Waals surface area (Å²) in [7, 11) is -4.14. The van der Waals surface area contributed by atoms with Crippen molar-refractivity contribution in [1.29, 1.82) is 0 Å². The second-order valence-electron chi connectivity index (χ2n) is 2.89. The van der Waals surface area contributed by atoms with Crippen LogP contribution in [0.5, 0.6) is 0 Å². The molecule has 1 atom stereocenters. The third-order valence-electron chi connectivity index (χ3n) is 1.54. The molecular formula is C6H8N2O5S4-2. The Bertz CT molecular complexity index is 484. The van der Waals surface area contributed by atoms with E-state index in [1.165, 1.54) is 11.8 Å². The number of hydrogen-bond acceptors (Lipinski definition) is 9. The topological polar surface area (TPSA) is 123 Å². The number of hydrogen-bond donors (Lipinski definition) is 0. The molecule has 1 aromatic heterocycles. The van der Waals surface area contributed by atoms with Crippen molar-refractivity contribution in [3.05, 3.63) is 0 Å². The zero-order chi connectivity index (χ0) is 12.9. The minimum Gasteiger partial charge on any atom is -0.767 e.